The molecule has 4 rings (SSSR count). The van der Waals surface area contributed by atoms with E-state index in [1.165, 1.54) is 19.4 Å². The zero-order chi connectivity index (χ0) is 24.3. The lowest BCUT2D eigenvalue weighted by atomic mass is 9.75. The molecule has 1 aliphatic heterocycles. The third-order valence-electron chi connectivity index (χ3n) is 6.34. The van der Waals surface area contributed by atoms with Crippen LogP contribution in [0.4, 0.5) is 13.2 Å². The van der Waals surface area contributed by atoms with E-state index in [9.17, 15) is 23.1 Å². The average molecular weight is 470 g/mol. The Balaban J connectivity index is 1.37. The van der Waals surface area contributed by atoms with Gasteiger partial charge in [0.1, 0.15) is 23.2 Å². The minimum atomic E-state index is -0.908. The van der Waals surface area contributed by atoms with Crippen molar-refractivity contribution in [2.75, 3.05) is 26.7 Å². The number of pyridine rings is 1. The summed E-state index contributed by atoms with van der Waals surface area (Å²) < 4.78 is 46.8. The summed E-state index contributed by atoms with van der Waals surface area (Å²) in [4.78, 5) is 18.0. The second-order valence-corrected chi connectivity index (χ2v) is 8.64. The third-order valence-corrected chi connectivity index (χ3v) is 6.34. The summed E-state index contributed by atoms with van der Waals surface area (Å²) in [6.07, 6.45) is 5.65. The van der Waals surface area contributed by atoms with Crippen LogP contribution in [0, 0.1) is 22.9 Å². The number of rotatable bonds is 9. The monoisotopic (exact) mass is 470 g/mol. The SMILES string of the molecule is COc1ccc2ncc(F)c(CCCC3(C(=O)O)CN(CC=Cc4cc(F)ccc4F)C3)c2c1. The van der Waals surface area contributed by atoms with Crippen molar-refractivity contribution in [1.82, 2.24) is 9.88 Å². The number of halogens is 3. The number of likely N-dealkylation sites (tertiary alicyclic amines) is 1. The maximum atomic E-state index is 14.5. The van der Waals surface area contributed by atoms with E-state index in [4.69, 9.17) is 4.74 Å². The van der Waals surface area contributed by atoms with E-state index in [2.05, 4.69) is 4.98 Å². The van der Waals surface area contributed by atoms with E-state index in [1.807, 2.05) is 4.90 Å². The Kier molecular flexibility index (Phi) is 6.88. The van der Waals surface area contributed by atoms with Crippen molar-refractivity contribution in [3.8, 4) is 5.75 Å². The predicted octanol–water partition coefficient (Wildman–Crippen LogP) is 5.08. The van der Waals surface area contributed by atoms with Crippen LogP contribution in [0.3, 0.4) is 0 Å². The molecule has 0 atom stereocenters. The van der Waals surface area contributed by atoms with Crippen molar-refractivity contribution in [3.63, 3.8) is 0 Å². The van der Waals surface area contributed by atoms with E-state index in [0.29, 0.717) is 61.1 Å². The molecule has 5 nitrogen and oxygen atoms in total. The minimum Gasteiger partial charge on any atom is -0.497 e. The number of carboxylic acid groups (broad SMARTS) is 1. The van der Waals surface area contributed by atoms with Gasteiger partial charge in [-0.3, -0.25) is 14.7 Å². The molecule has 178 valence electrons. The molecule has 1 aromatic heterocycles. The first-order valence-electron chi connectivity index (χ1n) is 11.0. The number of aromatic nitrogens is 1. The first-order valence-corrected chi connectivity index (χ1v) is 11.0. The highest BCUT2D eigenvalue weighted by Gasteiger charge is 2.48. The van der Waals surface area contributed by atoms with E-state index in [0.717, 1.165) is 18.2 Å². The van der Waals surface area contributed by atoms with Crippen molar-refractivity contribution in [2.45, 2.75) is 19.3 Å². The zero-order valence-electron chi connectivity index (χ0n) is 18.7. The fourth-order valence-electron chi connectivity index (χ4n) is 4.50. The highest BCUT2D eigenvalue weighted by Crippen LogP contribution is 2.36. The van der Waals surface area contributed by atoms with Gasteiger partial charge < -0.3 is 9.84 Å². The molecule has 0 radical (unpaired) electrons. The van der Waals surface area contributed by atoms with Crippen LogP contribution in [0.15, 0.2) is 48.7 Å². The molecule has 0 bridgehead atoms. The number of hydrogen-bond donors (Lipinski definition) is 1. The number of benzene rings is 2. The van der Waals surface area contributed by atoms with E-state index in [1.54, 1.807) is 24.3 Å². The third kappa shape index (κ3) is 4.92. The Morgan fingerprint density at radius 3 is 2.71 bits per heavy atom. The summed E-state index contributed by atoms with van der Waals surface area (Å²) in [5.74, 6) is -1.74. The van der Waals surface area contributed by atoms with Crippen LogP contribution in [-0.4, -0.2) is 47.7 Å². The highest BCUT2D eigenvalue weighted by atomic mass is 19.1. The molecule has 0 saturated carbocycles. The van der Waals surface area contributed by atoms with Crippen molar-refractivity contribution >= 4 is 22.9 Å². The summed E-state index contributed by atoms with van der Waals surface area (Å²) in [5, 5.41) is 10.5. The Morgan fingerprint density at radius 1 is 1.18 bits per heavy atom. The van der Waals surface area contributed by atoms with Gasteiger partial charge in [0.25, 0.3) is 0 Å². The normalized spacial score (nSPS) is 15.5. The van der Waals surface area contributed by atoms with Gasteiger partial charge in [0.2, 0.25) is 0 Å². The molecule has 0 amide bonds. The van der Waals surface area contributed by atoms with Crippen LogP contribution in [-0.2, 0) is 11.2 Å². The Hall–Kier alpha value is -3.39. The second kappa shape index (κ2) is 9.85. The summed E-state index contributed by atoms with van der Waals surface area (Å²) >= 11 is 0. The smallest absolute Gasteiger partial charge is 0.312 e. The van der Waals surface area contributed by atoms with Gasteiger partial charge in [-0.1, -0.05) is 12.2 Å². The molecule has 0 aliphatic carbocycles. The van der Waals surface area contributed by atoms with Crippen molar-refractivity contribution in [2.24, 2.45) is 5.41 Å². The topological polar surface area (TPSA) is 62.7 Å². The maximum Gasteiger partial charge on any atom is 0.312 e. The van der Waals surface area contributed by atoms with Gasteiger partial charge >= 0.3 is 5.97 Å². The van der Waals surface area contributed by atoms with Gasteiger partial charge in [0.05, 0.1) is 24.2 Å². The van der Waals surface area contributed by atoms with Gasteiger partial charge in [-0.25, -0.2) is 13.2 Å². The van der Waals surface area contributed by atoms with Gasteiger partial charge in [-0.05, 0) is 61.2 Å². The quantitative estimate of drug-likeness (QED) is 0.472. The first kappa shape index (κ1) is 23.8. The standard InChI is InChI=1S/C26H25F3N2O3/c1-34-19-7-9-24-21(13-19)20(23(29)14-30-24)5-2-10-26(25(32)33)15-31(16-26)11-3-4-17-12-18(27)6-8-22(17)28/h3-4,6-9,12-14H,2,5,10-11,15-16H2,1H3,(H,32,33). The van der Waals surface area contributed by atoms with Gasteiger partial charge in [-0.2, -0.15) is 0 Å². The van der Waals surface area contributed by atoms with Crippen LogP contribution in [0.5, 0.6) is 5.75 Å². The Labute approximate surface area is 195 Å². The molecule has 2 heterocycles. The molecule has 1 N–H and O–H groups in total. The van der Waals surface area contributed by atoms with Crippen molar-refractivity contribution in [1.29, 1.82) is 0 Å². The molecule has 3 aromatic rings. The van der Waals surface area contributed by atoms with Gasteiger partial charge in [0.15, 0.2) is 0 Å². The molecule has 1 fully saturated rings. The highest BCUT2D eigenvalue weighted by molar-refractivity contribution is 5.83. The number of nitrogens with zero attached hydrogens (tertiary/aromatic N) is 2. The number of hydrogen-bond acceptors (Lipinski definition) is 4. The molecule has 1 aliphatic rings. The Bertz CT molecular complexity index is 1240. The lowest BCUT2D eigenvalue weighted by molar-refractivity contribution is -0.161. The van der Waals surface area contributed by atoms with Gasteiger partial charge in [-0.15, -0.1) is 0 Å². The van der Waals surface area contributed by atoms with Crippen LogP contribution in [0.25, 0.3) is 17.0 Å². The number of carbonyl (C=O) groups is 1. The summed E-state index contributed by atoms with van der Waals surface area (Å²) in [5.41, 5.74) is 0.394. The molecule has 2 aromatic carbocycles. The fraction of sp³-hybridized carbons (Fsp3) is 0.308. The predicted molar refractivity (Wildman–Crippen MR) is 123 cm³/mol. The molecule has 34 heavy (non-hydrogen) atoms. The minimum absolute atomic E-state index is 0.147. The maximum absolute atomic E-state index is 14.5. The van der Waals surface area contributed by atoms with E-state index >= 15 is 0 Å². The number of carboxylic acids is 1. The van der Waals surface area contributed by atoms with Crippen molar-refractivity contribution < 1.29 is 27.8 Å². The second-order valence-electron chi connectivity index (χ2n) is 8.64. The van der Waals surface area contributed by atoms with Crippen molar-refractivity contribution in [3.05, 3.63) is 77.2 Å². The number of aryl methyl sites for hydroxylation is 1. The number of fused-ring (bicyclic) bond motifs is 1. The molecule has 0 spiro atoms. The Morgan fingerprint density at radius 2 is 1.97 bits per heavy atom. The molecule has 8 heteroatoms. The largest absolute Gasteiger partial charge is 0.497 e. The summed E-state index contributed by atoms with van der Waals surface area (Å²) in [7, 11) is 1.54. The average Bonchev–Trinajstić information content (AvgIpc) is 2.79. The molecular formula is C26H25F3N2O3. The summed E-state index contributed by atoms with van der Waals surface area (Å²) in [6.45, 7) is 1.10. The van der Waals surface area contributed by atoms with E-state index < -0.39 is 28.8 Å². The van der Waals surface area contributed by atoms with Crippen LogP contribution in [0.1, 0.15) is 24.0 Å². The van der Waals surface area contributed by atoms with Crippen LogP contribution < -0.4 is 4.74 Å². The molecular weight excluding hydrogens is 445 g/mol. The van der Waals surface area contributed by atoms with Crippen LogP contribution in [0.2, 0.25) is 0 Å². The number of aliphatic carboxylic acids is 1. The van der Waals surface area contributed by atoms with Gasteiger partial charge in [0, 0.05) is 30.6 Å². The summed E-state index contributed by atoms with van der Waals surface area (Å²) in [6, 6.07) is 8.51. The lowest BCUT2D eigenvalue weighted by Gasteiger charge is -2.47. The number of ether oxygens (including phenoxy) is 1. The molecule has 0 unspecified atom stereocenters. The molecule has 1 saturated heterocycles. The fourth-order valence-corrected chi connectivity index (χ4v) is 4.50. The zero-order valence-corrected chi connectivity index (χ0v) is 18.7. The first-order chi connectivity index (χ1) is 16.3. The number of methoxy groups -OCH3 is 1. The van der Waals surface area contributed by atoms with Crippen LogP contribution >= 0.6 is 0 Å². The van der Waals surface area contributed by atoms with E-state index in [-0.39, 0.29) is 5.56 Å². The lowest BCUT2D eigenvalue weighted by Crippen LogP contribution is -2.60.